The number of likely N-dealkylation sites (tertiary alicyclic amines) is 1. The smallest absolute Gasteiger partial charge is 0.406 e. The number of nitrogens with zero attached hydrogens (tertiary/aromatic N) is 1. The van der Waals surface area contributed by atoms with Gasteiger partial charge in [0, 0.05) is 38.1 Å². The zero-order valence-electron chi connectivity index (χ0n) is 22.0. The Kier molecular flexibility index (Phi) is 11.3. The van der Waals surface area contributed by atoms with Gasteiger partial charge in [0.05, 0.1) is 19.8 Å². The van der Waals surface area contributed by atoms with Crippen molar-refractivity contribution in [3.05, 3.63) is 35.1 Å². The SMILES string of the molecule is CNC[C@H](CC1CCCC1)NC(=O)N1CCC[C@@H](C(OCCNC(=O)OC)c2cc(F)ccc2C)C1. The molecule has 3 N–H and O–H groups in total. The van der Waals surface area contributed by atoms with Crippen molar-refractivity contribution < 1.29 is 23.5 Å². The van der Waals surface area contributed by atoms with Crippen molar-refractivity contribution >= 4 is 12.1 Å². The molecule has 3 atom stereocenters. The van der Waals surface area contributed by atoms with Gasteiger partial charge in [-0.1, -0.05) is 31.7 Å². The lowest BCUT2D eigenvalue weighted by Gasteiger charge is -2.38. The van der Waals surface area contributed by atoms with Gasteiger partial charge < -0.3 is 30.3 Å². The highest BCUT2D eigenvalue weighted by atomic mass is 19.1. The minimum atomic E-state index is -0.522. The average molecular weight is 507 g/mol. The maximum Gasteiger partial charge on any atom is 0.406 e. The minimum Gasteiger partial charge on any atom is -0.453 e. The molecule has 0 radical (unpaired) electrons. The normalized spacial score (nSPS) is 20.1. The van der Waals surface area contributed by atoms with E-state index in [0.29, 0.717) is 19.0 Å². The second-order valence-electron chi connectivity index (χ2n) is 10.1. The number of urea groups is 1. The zero-order valence-corrected chi connectivity index (χ0v) is 22.0. The number of aryl methyl sites for hydroxylation is 1. The zero-order chi connectivity index (χ0) is 25.9. The third-order valence-electron chi connectivity index (χ3n) is 7.45. The number of benzene rings is 1. The Bertz CT molecular complexity index is 849. The summed E-state index contributed by atoms with van der Waals surface area (Å²) in [6.07, 6.45) is 6.89. The summed E-state index contributed by atoms with van der Waals surface area (Å²) in [6.45, 7) is 4.45. The molecule has 1 aliphatic carbocycles. The maximum absolute atomic E-state index is 14.2. The van der Waals surface area contributed by atoms with Crippen LogP contribution >= 0.6 is 0 Å². The lowest BCUT2D eigenvalue weighted by Crippen LogP contribution is -2.51. The first-order valence-corrected chi connectivity index (χ1v) is 13.3. The first-order chi connectivity index (χ1) is 17.4. The van der Waals surface area contributed by atoms with E-state index in [1.54, 1.807) is 6.07 Å². The molecule has 1 unspecified atom stereocenters. The Hall–Kier alpha value is -2.39. The number of methoxy groups -OCH3 is 1. The average Bonchev–Trinajstić information content (AvgIpc) is 3.39. The lowest BCUT2D eigenvalue weighted by molar-refractivity contribution is -0.00914. The maximum atomic E-state index is 14.2. The van der Waals surface area contributed by atoms with Crippen LogP contribution in [0.3, 0.4) is 0 Å². The third kappa shape index (κ3) is 8.34. The van der Waals surface area contributed by atoms with Crippen molar-refractivity contribution in [2.75, 3.05) is 46.9 Å². The fraction of sp³-hybridized carbons (Fsp3) is 0.704. The molecule has 1 saturated heterocycles. The van der Waals surface area contributed by atoms with Crippen LogP contribution in [0.5, 0.6) is 0 Å². The van der Waals surface area contributed by atoms with Crippen LogP contribution in [-0.4, -0.2) is 70.0 Å². The Morgan fingerprint density at radius 2 is 1.97 bits per heavy atom. The Balaban J connectivity index is 1.66. The van der Waals surface area contributed by atoms with Gasteiger partial charge in [0.2, 0.25) is 0 Å². The molecule has 202 valence electrons. The van der Waals surface area contributed by atoms with Gasteiger partial charge in [-0.2, -0.15) is 0 Å². The summed E-state index contributed by atoms with van der Waals surface area (Å²) in [7, 11) is 3.23. The predicted molar refractivity (Wildman–Crippen MR) is 137 cm³/mol. The van der Waals surface area contributed by atoms with Gasteiger partial charge in [-0.3, -0.25) is 0 Å². The summed E-state index contributed by atoms with van der Waals surface area (Å²) in [5.74, 6) is 0.384. The van der Waals surface area contributed by atoms with E-state index >= 15 is 0 Å². The van der Waals surface area contributed by atoms with Gasteiger partial charge in [0.25, 0.3) is 0 Å². The monoisotopic (exact) mass is 506 g/mol. The molecule has 1 aliphatic heterocycles. The number of carbonyl (C=O) groups is 2. The number of piperidine rings is 1. The fourth-order valence-corrected chi connectivity index (χ4v) is 5.60. The minimum absolute atomic E-state index is 0.0145. The number of hydrogen-bond donors (Lipinski definition) is 3. The summed E-state index contributed by atoms with van der Waals surface area (Å²) >= 11 is 0. The summed E-state index contributed by atoms with van der Waals surface area (Å²) in [4.78, 5) is 26.5. The summed E-state index contributed by atoms with van der Waals surface area (Å²) < 4.78 is 25.0. The van der Waals surface area contributed by atoms with Crippen molar-refractivity contribution in [2.24, 2.45) is 11.8 Å². The Labute approximate surface area is 214 Å². The molecule has 8 nitrogen and oxygen atoms in total. The number of rotatable bonds is 11. The van der Waals surface area contributed by atoms with E-state index < -0.39 is 6.09 Å². The Morgan fingerprint density at radius 3 is 2.69 bits per heavy atom. The molecule has 9 heteroatoms. The van der Waals surface area contributed by atoms with Crippen LogP contribution in [0.25, 0.3) is 0 Å². The standard InChI is InChI=1S/C27H43FN4O4/c1-19-10-11-22(28)16-24(19)25(36-14-12-30-27(34)35-3)21-9-6-13-32(18-21)26(33)31-23(17-29-2)15-20-7-4-5-8-20/h10-11,16,20-21,23,25,29H,4-9,12-15,17-18H2,1-3H3,(H,30,34)(H,31,33)/t21-,23+,25?/m1/s1. The number of nitrogens with one attached hydrogen (secondary N) is 3. The van der Waals surface area contributed by atoms with Crippen molar-refractivity contribution in [1.29, 1.82) is 0 Å². The molecule has 3 rings (SSSR count). The number of likely N-dealkylation sites (N-methyl/N-ethyl adjacent to an activating group) is 1. The Morgan fingerprint density at radius 1 is 1.19 bits per heavy atom. The molecule has 1 aromatic carbocycles. The van der Waals surface area contributed by atoms with Gasteiger partial charge in [-0.25, -0.2) is 14.0 Å². The van der Waals surface area contributed by atoms with E-state index in [0.717, 1.165) is 36.9 Å². The topological polar surface area (TPSA) is 91.9 Å². The number of amides is 3. The lowest BCUT2D eigenvalue weighted by atomic mass is 9.86. The van der Waals surface area contributed by atoms with E-state index in [-0.39, 0.29) is 43.1 Å². The van der Waals surface area contributed by atoms with Crippen molar-refractivity contribution in [3.8, 4) is 0 Å². The van der Waals surface area contributed by atoms with Crippen molar-refractivity contribution in [1.82, 2.24) is 20.9 Å². The largest absolute Gasteiger partial charge is 0.453 e. The van der Waals surface area contributed by atoms with E-state index in [1.165, 1.54) is 44.9 Å². The third-order valence-corrected chi connectivity index (χ3v) is 7.45. The molecular formula is C27H43FN4O4. The van der Waals surface area contributed by atoms with E-state index in [9.17, 15) is 14.0 Å². The van der Waals surface area contributed by atoms with Crippen LogP contribution < -0.4 is 16.0 Å². The van der Waals surface area contributed by atoms with E-state index in [4.69, 9.17) is 4.74 Å². The number of halogens is 1. The number of alkyl carbamates (subject to hydrolysis) is 1. The van der Waals surface area contributed by atoms with Crippen LogP contribution in [0, 0.1) is 24.6 Å². The van der Waals surface area contributed by atoms with Crippen LogP contribution in [-0.2, 0) is 9.47 Å². The first-order valence-electron chi connectivity index (χ1n) is 13.3. The molecule has 0 aromatic heterocycles. The molecule has 1 aromatic rings. The van der Waals surface area contributed by atoms with Crippen LogP contribution in [0.1, 0.15) is 62.2 Å². The molecule has 36 heavy (non-hydrogen) atoms. The molecule has 2 aliphatic rings. The second kappa shape index (κ2) is 14.4. The van der Waals surface area contributed by atoms with Crippen molar-refractivity contribution in [3.63, 3.8) is 0 Å². The fourth-order valence-electron chi connectivity index (χ4n) is 5.60. The molecular weight excluding hydrogens is 463 g/mol. The molecule has 1 saturated carbocycles. The molecule has 1 heterocycles. The first kappa shape index (κ1) is 28.2. The molecule has 0 bridgehead atoms. The summed E-state index contributed by atoms with van der Waals surface area (Å²) in [5, 5.41) is 9.11. The van der Waals surface area contributed by atoms with Crippen LogP contribution in [0.2, 0.25) is 0 Å². The van der Waals surface area contributed by atoms with Gasteiger partial charge >= 0.3 is 12.1 Å². The van der Waals surface area contributed by atoms with E-state index in [1.807, 2.05) is 18.9 Å². The quantitative estimate of drug-likeness (QED) is 0.393. The highest BCUT2D eigenvalue weighted by molar-refractivity contribution is 5.74. The predicted octanol–water partition coefficient (Wildman–Crippen LogP) is 4.14. The van der Waals surface area contributed by atoms with Gasteiger partial charge in [0.1, 0.15) is 5.82 Å². The molecule has 3 amide bonds. The van der Waals surface area contributed by atoms with E-state index in [2.05, 4.69) is 20.7 Å². The number of carbonyl (C=O) groups excluding carboxylic acids is 2. The van der Waals surface area contributed by atoms with Gasteiger partial charge in [-0.05, 0) is 62.4 Å². The second-order valence-corrected chi connectivity index (χ2v) is 10.1. The van der Waals surface area contributed by atoms with Crippen LogP contribution in [0.15, 0.2) is 18.2 Å². The summed E-state index contributed by atoms with van der Waals surface area (Å²) in [5.41, 5.74) is 1.73. The van der Waals surface area contributed by atoms with Gasteiger partial charge in [-0.15, -0.1) is 0 Å². The molecule has 2 fully saturated rings. The van der Waals surface area contributed by atoms with Crippen LogP contribution in [0.4, 0.5) is 14.0 Å². The highest BCUT2D eigenvalue weighted by Crippen LogP contribution is 2.35. The number of hydrogen-bond acceptors (Lipinski definition) is 5. The van der Waals surface area contributed by atoms with Gasteiger partial charge in [0.15, 0.2) is 0 Å². The molecule has 0 spiro atoms. The van der Waals surface area contributed by atoms with Crippen molar-refractivity contribution in [2.45, 2.75) is 64.0 Å². The summed E-state index contributed by atoms with van der Waals surface area (Å²) in [6, 6.07) is 4.79. The highest BCUT2D eigenvalue weighted by Gasteiger charge is 2.33. The number of ether oxygens (including phenoxy) is 2.